The molecule has 1 fully saturated rings. The molecule has 2 aromatic heterocycles. The molecule has 0 saturated carbocycles. The first-order chi connectivity index (χ1) is 39.1. The second-order valence-electron chi connectivity index (χ2n) is 21.5. The molecule has 2 amide bonds. The third kappa shape index (κ3) is 12.7. The average Bonchev–Trinajstić information content (AvgIpc) is 3.52. The Bertz CT molecular complexity index is 3650. The van der Waals surface area contributed by atoms with Crippen LogP contribution < -0.4 is 16.9 Å². The summed E-state index contributed by atoms with van der Waals surface area (Å²) in [6, 6.07) is 31.8. The van der Waals surface area contributed by atoms with Crippen LogP contribution in [0.4, 0.5) is 29.5 Å². The normalized spacial score (nSPS) is 14.9. The van der Waals surface area contributed by atoms with Gasteiger partial charge in [0.15, 0.2) is 23.3 Å². The topological polar surface area (TPSA) is 169 Å². The summed E-state index contributed by atoms with van der Waals surface area (Å²) in [4.78, 5) is 52.1. The number of nitrogens with zero attached hydrogens (tertiary/aromatic N) is 8. The van der Waals surface area contributed by atoms with Gasteiger partial charge in [0.25, 0.3) is 11.8 Å². The summed E-state index contributed by atoms with van der Waals surface area (Å²) in [7, 11) is -0.536. The van der Waals surface area contributed by atoms with Crippen molar-refractivity contribution in [3.63, 3.8) is 0 Å². The van der Waals surface area contributed by atoms with E-state index < -0.39 is 41.6 Å². The summed E-state index contributed by atoms with van der Waals surface area (Å²) >= 11 is 3.23. The molecule has 11 rings (SSSR count). The fourth-order valence-electron chi connectivity index (χ4n) is 10.2. The molecular weight excluding hydrogens is 1120 g/mol. The third-order valence-electron chi connectivity index (χ3n) is 15.8. The number of hydrogen-bond donors (Lipinski definition) is 2. The Morgan fingerprint density at radius 3 is 1.43 bits per heavy atom. The van der Waals surface area contributed by atoms with E-state index in [1.54, 1.807) is 28.0 Å². The van der Waals surface area contributed by atoms with Crippen LogP contribution in [-0.4, -0.2) is 95.8 Å². The van der Waals surface area contributed by atoms with Crippen LogP contribution in [0, 0.1) is 23.3 Å². The molecule has 0 unspecified atom stereocenters. The molecule has 1 saturated heterocycles. The molecule has 82 heavy (non-hydrogen) atoms. The van der Waals surface area contributed by atoms with E-state index in [4.69, 9.17) is 20.8 Å². The van der Waals surface area contributed by atoms with Gasteiger partial charge >= 0.3 is 7.12 Å². The van der Waals surface area contributed by atoms with E-state index in [9.17, 15) is 27.2 Å². The Balaban J connectivity index is 0.000000160. The second kappa shape index (κ2) is 24.6. The predicted octanol–water partition coefficient (Wildman–Crippen LogP) is 11.4. The lowest BCUT2D eigenvalue weighted by Crippen LogP contribution is -2.41. The number of anilines is 2. The zero-order valence-electron chi connectivity index (χ0n) is 47.3. The van der Waals surface area contributed by atoms with Gasteiger partial charge in [-0.2, -0.15) is 0 Å². The Kier molecular flexibility index (Phi) is 17.8. The number of rotatable bonds is 12. The van der Waals surface area contributed by atoms with Crippen molar-refractivity contribution in [2.75, 3.05) is 37.6 Å². The van der Waals surface area contributed by atoms with Gasteiger partial charge in [-0.1, -0.05) is 110 Å². The van der Waals surface area contributed by atoms with Crippen molar-refractivity contribution in [1.29, 1.82) is 0 Å². The Labute approximate surface area is 484 Å². The molecule has 0 radical (unpaired) electrons. The fraction of sp³-hybridized carbons (Fsp3) is 0.323. The molecule has 0 spiro atoms. The Morgan fingerprint density at radius 1 is 0.561 bits per heavy atom. The highest BCUT2D eigenvalue weighted by atomic mass is 79.9. The van der Waals surface area contributed by atoms with Crippen LogP contribution in [0.1, 0.15) is 110 Å². The molecule has 5 heterocycles. The second-order valence-corrected chi connectivity index (χ2v) is 22.4. The van der Waals surface area contributed by atoms with E-state index in [1.807, 2.05) is 122 Å². The van der Waals surface area contributed by atoms with Gasteiger partial charge in [-0.05, 0) is 146 Å². The van der Waals surface area contributed by atoms with E-state index in [-0.39, 0.29) is 29.4 Å². The largest absolute Gasteiger partial charge is 0.494 e. The van der Waals surface area contributed by atoms with Crippen LogP contribution >= 0.6 is 15.9 Å². The monoisotopic (exact) mass is 1180 g/mol. The van der Waals surface area contributed by atoms with Gasteiger partial charge in [-0.3, -0.25) is 19.4 Å². The lowest BCUT2D eigenvalue weighted by atomic mass is 9.78. The van der Waals surface area contributed by atoms with Crippen molar-refractivity contribution in [1.82, 2.24) is 39.5 Å². The van der Waals surface area contributed by atoms with Crippen LogP contribution in [0.25, 0.3) is 32.9 Å². The maximum atomic E-state index is 14.4. The molecule has 0 bridgehead atoms. The molecule has 6 aromatic carbocycles. The fourth-order valence-corrected chi connectivity index (χ4v) is 10.7. The van der Waals surface area contributed by atoms with Gasteiger partial charge in [-0.25, -0.2) is 37.5 Å². The maximum Gasteiger partial charge on any atom is 0.494 e. The quantitative estimate of drug-likeness (QED) is 0.0675. The first kappa shape index (κ1) is 59.3. The van der Waals surface area contributed by atoms with Gasteiger partial charge in [0, 0.05) is 54.5 Å². The van der Waals surface area contributed by atoms with Crippen LogP contribution in [0.15, 0.2) is 114 Å². The lowest BCUT2D eigenvalue weighted by Gasteiger charge is -2.32. The number of nitrogen functional groups attached to an aromatic ring is 2. The summed E-state index contributed by atoms with van der Waals surface area (Å²) in [6.07, 6.45) is 0. The zero-order valence-corrected chi connectivity index (χ0v) is 48.9. The molecule has 3 aliphatic rings. The predicted molar refractivity (Wildman–Crippen MR) is 316 cm³/mol. The number of fused-ring (bicyclic) bond motifs is 4. The van der Waals surface area contributed by atoms with Crippen molar-refractivity contribution < 1.29 is 36.5 Å². The Hall–Kier alpha value is -7.36. The van der Waals surface area contributed by atoms with Crippen molar-refractivity contribution in [3.8, 4) is 11.1 Å². The van der Waals surface area contributed by atoms with Crippen molar-refractivity contribution in [3.05, 3.63) is 182 Å². The van der Waals surface area contributed by atoms with Gasteiger partial charge in [-0.15, -0.1) is 0 Å². The number of halogens is 5. The SMILES string of the molecule is CC1(C)OB(c2ccc3nc(N)nc(C(=O)N4Cc5ccccc5C4)c3c2)OC1(C)C.CCN(CC)Cc1cc(F)c(F)cc1-c1ccc2nc(N)nc(C(=O)N3Cc4ccccc4C3)c2c1.CCN(CC)Cc1cc(F)c(F)cc1Br. The zero-order chi connectivity index (χ0) is 58.8. The minimum absolute atomic E-state index is 0.00496. The van der Waals surface area contributed by atoms with Gasteiger partial charge in [0.2, 0.25) is 11.9 Å². The number of hydrogen-bond acceptors (Lipinski definition) is 12. The lowest BCUT2D eigenvalue weighted by molar-refractivity contribution is 0.00578. The molecular formula is C62H66BBrF4N10O4. The van der Waals surface area contributed by atoms with Crippen molar-refractivity contribution >= 4 is 74.0 Å². The van der Waals surface area contributed by atoms with E-state index in [0.29, 0.717) is 87.9 Å². The summed E-state index contributed by atoms with van der Waals surface area (Å²) < 4.78 is 67.4. The molecule has 0 aliphatic carbocycles. The van der Waals surface area contributed by atoms with Crippen LogP contribution in [-0.2, 0) is 48.6 Å². The first-order valence-corrected chi connectivity index (χ1v) is 28.2. The average molecular weight is 1180 g/mol. The highest BCUT2D eigenvalue weighted by molar-refractivity contribution is 9.10. The van der Waals surface area contributed by atoms with Crippen molar-refractivity contribution in [2.45, 2.75) is 106 Å². The van der Waals surface area contributed by atoms with Crippen LogP contribution in [0.3, 0.4) is 0 Å². The summed E-state index contributed by atoms with van der Waals surface area (Å²) in [5.41, 5.74) is 20.6. The number of carbonyl (C=O) groups excluding carboxylic acids is 2. The number of nitrogens with two attached hydrogens (primary N) is 2. The van der Waals surface area contributed by atoms with Crippen molar-refractivity contribution in [2.24, 2.45) is 0 Å². The van der Waals surface area contributed by atoms with E-state index in [0.717, 1.165) is 59.5 Å². The van der Waals surface area contributed by atoms with E-state index in [1.165, 1.54) is 24.3 Å². The van der Waals surface area contributed by atoms with Gasteiger partial charge in [0.1, 0.15) is 11.4 Å². The summed E-state index contributed by atoms with van der Waals surface area (Å²) in [6.45, 7) is 22.7. The molecule has 4 N–H and O–H groups in total. The van der Waals surface area contributed by atoms with E-state index in [2.05, 4.69) is 45.7 Å². The number of aromatic nitrogens is 4. The third-order valence-corrected chi connectivity index (χ3v) is 16.5. The molecule has 20 heteroatoms. The summed E-state index contributed by atoms with van der Waals surface area (Å²) in [5, 5.41) is 1.16. The molecule has 0 atom stereocenters. The first-order valence-electron chi connectivity index (χ1n) is 27.4. The number of carbonyl (C=O) groups is 2. The van der Waals surface area contributed by atoms with Gasteiger partial charge < -0.3 is 30.6 Å². The van der Waals surface area contributed by atoms with Crippen LogP contribution in [0.5, 0.6) is 0 Å². The molecule has 3 aliphatic heterocycles. The Morgan fingerprint density at radius 2 is 0.963 bits per heavy atom. The minimum Gasteiger partial charge on any atom is -0.399 e. The molecule has 426 valence electrons. The molecule has 14 nitrogen and oxygen atoms in total. The highest BCUT2D eigenvalue weighted by Crippen LogP contribution is 2.38. The standard InChI is InChI=1S/C28H27F2N5O.C23H25BN4O3.C11H14BrF2N/c1-3-34(4-2)14-20-12-23(29)24(30)13-21(20)17-9-10-25-22(11-17)26(33-28(31)32-25)27(36)35-15-18-7-5-6-8-19(18)16-35;1-22(2)23(3,4)31-24(30-22)16-9-10-18-17(11-16)19(27-21(25)26-18)20(29)28-12-14-7-5-6-8-15(14)13-28;1-3-15(4-2)7-8-5-10(13)11(14)6-9(8)12/h5-13H,3-4,14-16H2,1-2H3,(H2,31,32,33);5-11H,12-13H2,1-4H3,(H2,25,26,27);5-6H,3-4,7H2,1-2H3. The van der Waals surface area contributed by atoms with Crippen LogP contribution in [0.2, 0.25) is 0 Å². The smallest absolute Gasteiger partial charge is 0.399 e. The number of benzene rings is 6. The molecule has 8 aromatic rings. The van der Waals surface area contributed by atoms with Gasteiger partial charge in [0.05, 0.1) is 22.2 Å². The number of amides is 2. The van der Waals surface area contributed by atoms with E-state index >= 15 is 0 Å². The maximum absolute atomic E-state index is 14.4. The summed E-state index contributed by atoms with van der Waals surface area (Å²) in [5.74, 6) is -3.75. The minimum atomic E-state index is -0.923. The highest BCUT2D eigenvalue weighted by Gasteiger charge is 2.52.